The molecule has 0 saturated heterocycles. The maximum atomic E-state index is 2.46. The molecule has 78 valence electrons. The van der Waals surface area contributed by atoms with E-state index in [4.69, 9.17) is 0 Å². The minimum Gasteiger partial charge on any atom is -0.0625 e. The zero-order valence-electron chi connectivity index (χ0n) is 10.0. The molecule has 0 heteroatoms. The lowest BCUT2D eigenvalue weighted by molar-refractivity contribution is 0.126. The van der Waals surface area contributed by atoms with Gasteiger partial charge < -0.3 is 0 Å². The quantitative estimate of drug-likeness (QED) is 0.595. The number of hydrogen-bond donors (Lipinski definition) is 0. The first-order valence-electron chi connectivity index (χ1n) is 6.02. The highest BCUT2D eigenvalue weighted by Gasteiger charge is 2.30. The lowest BCUT2D eigenvalue weighted by Gasteiger charge is -2.38. The van der Waals surface area contributed by atoms with E-state index in [2.05, 4.69) is 34.6 Å². The molecule has 0 amide bonds. The molecule has 0 radical (unpaired) electrons. The van der Waals surface area contributed by atoms with Crippen molar-refractivity contribution < 1.29 is 0 Å². The number of rotatable bonds is 2. The third-order valence-corrected chi connectivity index (χ3v) is 4.08. The van der Waals surface area contributed by atoms with E-state index in [0.29, 0.717) is 0 Å². The van der Waals surface area contributed by atoms with Crippen LogP contribution in [0.15, 0.2) is 0 Å². The van der Waals surface area contributed by atoms with Crippen molar-refractivity contribution in [1.29, 1.82) is 0 Å². The summed E-state index contributed by atoms with van der Waals surface area (Å²) in [5.41, 5.74) is 0. The van der Waals surface area contributed by atoms with Gasteiger partial charge in [0.2, 0.25) is 0 Å². The van der Waals surface area contributed by atoms with Crippen molar-refractivity contribution in [3.05, 3.63) is 0 Å². The second kappa shape index (κ2) is 4.48. The van der Waals surface area contributed by atoms with Crippen molar-refractivity contribution in [2.75, 3.05) is 0 Å². The number of hydrogen-bond acceptors (Lipinski definition) is 0. The Hall–Kier alpha value is 0. The summed E-state index contributed by atoms with van der Waals surface area (Å²) in [4.78, 5) is 0. The Morgan fingerprint density at radius 3 is 1.92 bits per heavy atom. The van der Waals surface area contributed by atoms with Gasteiger partial charge >= 0.3 is 0 Å². The molecule has 0 nitrogen and oxygen atoms in total. The van der Waals surface area contributed by atoms with E-state index in [1.165, 1.54) is 19.3 Å². The molecule has 0 heterocycles. The van der Waals surface area contributed by atoms with Crippen LogP contribution in [0, 0.1) is 29.6 Å². The highest BCUT2D eigenvalue weighted by molar-refractivity contribution is 4.80. The lowest BCUT2D eigenvalue weighted by atomic mass is 9.68. The van der Waals surface area contributed by atoms with Gasteiger partial charge in [0.15, 0.2) is 0 Å². The molecule has 1 aliphatic carbocycles. The van der Waals surface area contributed by atoms with Crippen LogP contribution in [0.3, 0.4) is 0 Å². The van der Waals surface area contributed by atoms with Crippen molar-refractivity contribution in [3.8, 4) is 0 Å². The van der Waals surface area contributed by atoms with Gasteiger partial charge in [-0.2, -0.15) is 0 Å². The Kier molecular flexibility index (Phi) is 3.82. The largest absolute Gasteiger partial charge is 0.0625 e. The van der Waals surface area contributed by atoms with E-state index in [9.17, 15) is 0 Å². The van der Waals surface area contributed by atoms with Crippen molar-refractivity contribution >= 4 is 0 Å². The summed E-state index contributed by atoms with van der Waals surface area (Å²) in [5.74, 6) is 4.75. The van der Waals surface area contributed by atoms with E-state index >= 15 is 0 Å². The van der Waals surface area contributed by atoms with Crippen molar-refractivity contribution in [2.45, 2.75) is 53.9 Å². The van der Waals surface area contributed by atoms with Crippen LogP contribution >= 0.6 is 0 Å². The normalized spacial score (nSPS) is 35.8. The first-order chi connectivity index (χ1) is 6.02. The fraction of sp³-hybridized carbons (Fsp3) is 1.00. The van der Waals surface area contributed by atoms with Gasteiger partial charge in [-0.3, -0.25) is 0 Å². The van der Waals surface area contributed by atoms with Crippen LogP contribution < -0.4 is 0 Å². The second-order valence-corrected chi connectivity index (χ2v) is 5.70. The average molecular weight is 182 g/mol. The lowest BCUT2D eigenvalue weighted by Crippen LogP contribution is -2.28. The first kappa shape index (κ1) is 11.1. The monoisotopic (exact) mass is 182 g/mol. The highest BCUT2D eigenvalue weighted by Crippen LogP contribution is 2.40. The van der Waals surface area contributed by atoms with Crippen LogP contribution in [0.2, 0.25) is 0 Å². The van der Waals surface area contributed by atoms with Crippen LogP contribution in [0.4, 0.5) is 0 Å². The fourth-order valence-electron chi connectivity index (χ4n) is 3.06. The van der Waals surface area contributed by atoms with Crippen LogP contribution in [0.1, 0.15) is 53.9 Å². The molecule has 0 spiro atoms. The Morgan fingerprint density at radius 2 is 1.54 bits per heavy atom. The summed E-state index contributed by atoms with van der Waals surface area (Å²) in [7, 11) is 0. The summed E-state index contributed by atoms with van der Waals surface area (Å²) in [6.07, 6.45) is 4.42. The molecule has 1 rings (SSSR count). The molecule has 13 heavy (non-hydrogen) atoms. The van der Waals surface area contributed by atoms with E-state index < -0.39 is 0 Å². The van der Waals surface area contributed by atoms with Gasteiger partial charge in [-0.15, -0.1) is 0 Å². The summed E-state index contributed by atoms with van der Waals surface area (Å²) in [5, 5.41) is 0. The molecular formula is C13H26. The molecule has 0 N–H and O–H groups in total. The van der Waals surface area contributed by atoms with Crippen molar-refractivity contribution in [2.24, 2.45) is 29.6 Å². The van der Waals surface area contributed by atoms with Crippen LogP contribution in [-0.2, 0) is 0 Å². The van der Waals surface area contributed by atoms with Crippen molar-refractivity contribution in [3.63, 3.8) is 0 Å². The van der Waals surface area contributed by atoms with Gasteiger partial charge in [0, 0.05) is 0 Å². The second-order valence-electron chi connectivity index (χ2n) is 5.70. The van der Waals surface area contributed by atoms with E-state index in [0.717, 1.165) is 29.6 Å². The predicted octanol–water partition coefficient (Wildman–Crippen LogP) is 4.35. The zero-order chi connectivity index (χ0) is 10.0. The van der Waals surface area contributed by atoms with Gasteiger partial charge in [0.1, 0.15) is 0 Å². The first-order valence-corrected chi connectivity index (χ1v) is 6.02. The smallest absolute Gasteiger partial charge is 0.0365 e. The SMILES string of the molecule is CC(C)[C@@H]1CC[C@@H](C(C)C)[C@@H](C)C1. The fourth-order valence-corrected chi connectivity index (χ4v) is 3.06. The molecule has 0 bridgehead atoms. The Labute approximate surface area is 84.1 Å². The standard InChI is InChI=1S/C13H26/c1-9(2)12-6-7-13(10(3)4)11(5)8-12/h9-13H,6-8H2,1-5H3/t11-,12+,13-/m0/s1. The molecule has 0 aromatic heterocycles. The summed E-state index contributed by atoms with van der Waals surface area (Å²) in [6, 6.07) is 0. The topological polar surface area (TPSA) is 0 Å². The molecule has 1 fully saturated rings. The maximum Gasteiger partial charge on any atom is -0.0365 e. The maximum absolute atomic E-state index is 2.46. The van der Waals surface area contributed by atoms with Crippen LogP contribution in [-0.4, -0.2) is 0 Å². The summed E-state index contributed by atoms with van der Waals surface area (Å²) >= 11 is 0. The van der Waals surface area contributed by atoms with Gasteiger partial charge in [-0.05, 0) is 48.9 Å². The Morgan fingerprint density at radius 1 is 0.923 bits per heavy atom. The minimum atomic E-state index is 0.892. The molecule has 0 aromatic carbocycles. The third-order valence-electron chi connectivity index (χ3n) is 4.08. The van der Waals surface area contributed by atoms with Gasteiger partial charge in [0.05, 0.1) is 0 Å². The molecular weight excluding hydrogens is 156 g/mol. The van der Waals surface area contributed by atoms with Gasteiger partial charge in [-0.25, -0.2) is 0 Å². The Balaban J connectivity index is 2.46. The van der Waals surface area contributed by atoms with Gasteiger partial charge in [0.25, 0.3) is 0 Å². The van der Waals surface area contributed by atoms with Crippen LogP contribution in [0.5, 0.6) is 0 Å². The van der Waals surface area contributed by atoms with E-state index in [1.807, 2.05) is 0 Å². The molecule has 1 aliphatic rings. The van der Waals surface area contributed by atoms with E-state index in [1.54, 1.807) is 0 Å². The van der Waals surface area contributed by atoms with Crippen molar-refractivity contribution in [1.82, 2.24) is 0 Å². The van der Waals surface area contributed by atoms with E-state index in [-0.39, 0.29) is 0 Å². The Bertz CT molecular complexity index is 146. The molecule has 0 aromatic rings. The van der Waals surface area contributed by atoms with Crippen LogP contribution in [0.25, 0.3) is 0 Å². The third kappa shape index (κ3) is 2.72. The average Bonchev–Trinajstić information content (AvgIpc) is 2.03. The highest BCUT2D eigenvalue weighted by atomic mass is 14.4. The molecule has 0 unspecified atom stereocenters. The molecule has 1 saturated carbocycles. The minimum absolute atomic E-state index is 0.892. The molecule has 0 aliphatic heterocycles. The summed E-state index contributed by atoms with van der Waals surface area (Å²) in [6.45, 7) is 12.0. The predicted molar refractivity (Wildman–Crippen MR) is 59.7 cm³/mol. The van der Waals surface area contributed by atoms with Gasteiger partial charge in [-0.1, -0.05) is 34.6 Å². The zero-order valence-corrected chi connectivity index (χ0v) is 10.0. The molecule has 3 atom stereocenters. The summed E-state index contributed by atoms with van der Waals surface area (Å²) < 4.78 is 0.